The number of aromatic nitrogens is 1. The summed E-state index contributed by atoms with van der Waals surface area (Å²) in [6.45, 7) is -2.10. The molecule has 51 heavy (non-hydrogen) atoms. The molecule has 0 radical (unpaired) electrons. The van der Waals surface area contributed by atoms with Gasteiger partial charge >= 0.3 is 12.6 Å². The Morgan fingerprint density at radius 2 is 1.59 bits per heavy atom. The van der Waals surface area contributed by atoms with E-state index in [1.54, 1.807) is 0 Å². The summed E-state index contributed by atoms with van der Waals surface area (Å²) >= 11 is 12.9. The maximum absolute atomic E-state index is 14.0. The van der Waals surface area contributed by atoms with Gasteiger partial charge in [-0.05, 0) is 91.8 Å². The van der Waals surface area contributed by atoms with Gasteiger partial charge in [0, 0.05) is 30.9 Å². The van der Waals surface area contributed by atoms with E-state index < -0.39 is 40.7 Å². The van der Waals surface area contributed by atoms with Gasteiger partial charge in [-0.2, -0.15) is 8.78 Å². The van der Waals surface area contributed by atoms with Gasteiger partial charge in [0.05, 0.1) is 35.2 Å². The average molecular weight is 769 g/mol. The number of nitrogens with one attached hydrogen (secondary N) is 1. The van der Waals surface area contributed by atoms with Crippen LogP contribution in [0.2, 0.25) is 10.0 Å². The first-order valence-electron chi connectivity index (χ1n) is 16.6. The Balaban J connectivity index is 1.26. The number of ether oxygens (including phenoxy) is 4. The quantitative estimate of drug-likeness (QED) is 0.152. The van der Waals surface area contributed by atoms with Crippen molar-refractivity contribution >= 4 is 50.8 Å². The lowest BCUT2D eigenvalue weighted by atomic mass is 10.0. The second-order valence-corrected chi connectivity index (χ2v) is 15.6. The molecule has 2 aromatic carbocycles. The van der Waals surface area contributed by atoms with Gasteiger partial charge in [-0.3, -0.25) is 14.5 Å². The van der Waals surface area contributed by atoms with Gasteiger partial charge in [0.2, 0.25) is 10.0 Å². The number of rotatable bonds is 16. The van der Waals surface area contributed by atoms with Gasteiger partial charge in [-0.25, -0.2) is 13.2 Å². The van der Waals surface area contributed by atoms with Gasteiger partial charge in [0.15, 0.2) is 11.5 Å². The molecule has 274 valence electrons. The first kappa shape index (κ1) is 36.9. The molecule has 1 aromatic heterocycles. The van der Waals surface area contributed by atoms with E-state index in [4.69, 9.17) is 42.1 Å². The molecule has 2 saturated carbocycles. The second-order valence-electron chi connectivity index (χ2n) is 13.0. The van der Waals surface area contributed by atoms with E-state index in [-0.39, 0.29) is 45.8 Å². The molecular weight excluding hydrogens is 731 g/mol. The number of halogens is 4. The maximum Gasteiger partial charge on any atom is 0.387 e. The smallest absolute Gasteiger partial charge is 0.387 e. The number of anilines is 1. The van der Waals surface area contributed by atoms with Gasteiger partial charge in [-0.1, -0.05) is 29.3 Å². The third-order valence-electron chi connectivity index (χ3n) is 8.81. The number of likely N-dealkylation sites (tertiary alicyclic amines) is 1. The lowest BCUT2D eigenvalue weighted by Crippen LogP contribution is -2.42. The minimum absolute atomic E-state index is 0.00739. The van der Waals surface area contributed by atoms with Gasteiger partial charge in [0.1, 0.15) is 17.9 Å². The van der Waals surface area contributed by atoms with E-state index in [0.29, 0.717) is 54.8 Å². The van der Waals surface area contributed by atoms with Crippen LogP contribution in [-0.4, -0.2) is 68.8 Å². The van der Waals surface area contributed by atoms with Crippen molar-refractivity contribution in [2.75, 3.05) is 30.7 Å². The lowest BCUT2D eigenvalue weighted by Gasteiger charge is -2.27. The number of carbonyl (C=O) groups is 2. The Morgan fingerprint density at radius 3 is 2.22 bits per heavy atom. The molecule has 3 fully saturated rings. The summed E-state index contributed by atoms with van der Waals surface area (Å²) in [6, 6.07) is 7.79. The van der Waals surface area contributed by atoms with E-state index in [1.807, 2.05) is 0 Å². The molecule has 0 spiro atoms. The maximum atomic E-state index is 14.0. The van der Waals surface area contributed by atoms with E-state index in [0.717, 1.165) is 31.9 Å². The fraction of sp³-hybridized carbons (Fsp3) is 0.457. The first-order chi connectivity index (χ1) is 24.3. The van der Waals surface area contributed by atoms with E-state index in [2.05, 4.69) is 9.71 Å². The van der Waals surface area contributed by atoms with Crippen molar-refractivity contribution in [1.29, 1.82) is 0 Å². The molecule has 1 saturated heterocycles. The number of carbonyl (C=O) groups excluding carboxylic acids is 2. The molecule has 1 amide bonds. The Hall–Kier alpha value is -3.88. The molecule has 2 aliphatic carbocycles. The molecule has 1 N–H and O–H groups in total. The van der Waals surface area contributed by atoms with E-state index >= 15 is 0 Å². The number of benzene rings is 2. The number of hydrogen-bond donors (Lipinski definition) is 1. The minimum atomic E-state index is -3.70. The van der Waals surface area contributed by atoms with Crippen LogP contribution < -0.4 is 18.9 Å². The number of amides is 1. The van der Waals surface area contributed by atoms with Crippen LogP contribution in [0, 0.1) is 11.8 Å². The molecule has 0 bridgehead atoms. The summed E-state index contributed by atoms with van der Waals surface area (Å²) in [7, 11) is -3.70. The van der Waals surface area contributed by atoms with Crippen LogP contribution in [0.5, 0.6) is 17.2 Å². The highest BCUT2D eigenvalue weighted by Gasteiger charge is 2.38. The summed E-state index contributed by atoms with van der Waals surface area (Å²) in [6.07, 6.45) is 7.58. The number of hydrogen-bond acceptors (Lipinski definition) is 9. The monoisotopic (exact) mass is 767 g/mol. The van der Waals surface area contributed by atoms with Crippen molar-refractivity contribution in [3.63, 3.8) is 0 Å². The summed E-state index contributed by atoms with van der Waals surface area (Å²) in [5.74, 6) is -0.294. The van der Waals surface area contributed by atoms with Crippen molar-refractivity contribution in [3.05, 3.63) is 75.5 Å². The molecule has 3 aliphatic rings. The Labute approximate surface area is 304 Å². The van der Waals surface area contributed by atoms with E-state index in [1.165, 1.54) is 53.7 Å². The highest BCUT2D eigenvalue weighted by atomic mass is 35.5. The Bertz CT molecular complexity index is 1860. The van der Waals surface area contributed by atoms with Gasteiger partial charge < -0.3 is 23.8 Å². The van der Waals surface area contributed by atoms with Gasteiger partial charge in [-0.15, -0.1) is 0 Å². The van der Waals surface area contributed by atoms with Crippen LogP contribution >= 0.6 is 23.2 Å². The third-order valence-corrected chi connectivity index (χ3v) is 10.0. The normalized spacial score (nSPS) is 18.0. The molecule has 0 unspecified atom stereocenters. The van der Waals surface area contributed by atoms with Crippen LogP contribution in [-0.2, 0) is 26.0 Å². The standard InChI is InChI=1S/C35H37Cl2F2N3O8S/c1-51(45,46)41-27-13-23(9-10-29(27)47-18-20-4-5-20)33(43)42-12-2-3-28(42)34(44)49-31(15-24-25(36)16-40-17-26(24)37)22-8-11-30(50-35(38)39)32(14-22)48-19-21-6-7-21/h8-11,13-14,16-17,20-21,28,31,35,41H,2-7,12,15,18-19H2,1H3/t28-,31-/m0/s1. The molecule has 2 atom stereocenters. The topological polar surface area (TPSA) is 133 Å². The number of sulfonamides is 1. The zero-order chi connectivity index (χ0) is 36.3. The molecule has 11 nitrogen and oxygen atoms in total. The summed E-state index contributed by atoms with van der Waals surface area (Å²) in [4.78, 5) is 33.2. The van der Waals surface area contributed by atoms with Crippen molar-refractivity contribution in [2.45, 2.75) is 63.7 Å². The molecule has 1 aliphatic heterocycles. The zero-order valence-corrected chi connectivity index (χ0v) is 30.0. The fourth-order valence-corrected chi connectivity index (χ4v) is 6.85. The van der Waals surface area contributed by atoms with Crippen molar-refractivity contribution in [1.82, 2.24) is 9.88 Å². The number of esters is 1. The predicted molar refractivity (Wildman–Crippen MR) is 185 cm³/mol. The van der Waals surface area contributed by atoms with Crippen molar-refractivity contribution < 1.29 is 45.7 Å². The first-order valence-corrected chi connectivity index (χ1v) is 19.2. The molecule has 6 rings (SSSR count). The number of pyridine rings is 1. The Kier molecular flexibility index (Phi) is 11.4. The Morgan fingerprint density at radius 1 is 0.941 bits per heavy atom. The lowest BCUT2D eigenvalue weighted by molar-refractivity contribution is -0.154. The fourth-order valence-electron chi connectivity index (χ4n) is 5.77. The SMILES string of the molecule is CS(=O)(=O)Nc1cc(C(=O)N2CCC[C@H]2C(=O)O[C@@H](Cc2c(Cl)cncc2Cl)c2ccc(OC(F)F)c(OCC3CC3)c2)ccc1OCC1CC1. The van der Waals surface area contributed by atoms with Crippen LogP contribution in [0.25, 0.3) is 0 Å². The zero-order valence-electron chi connectivity index (χ0n) is 27.7. The highest BCUT2D eigenvalue weighted by Crippen LogP contribution is 2.39. The summed E-state index contributed by atoms with van der Waals surface area (Å²) in [5.41, 5.74) is 1.11. The molecule has 16 heteroatoms. The molecule has 2 heterocycles. The minimum Gasteiger partial charge on any atom is -0.491 e. The van der Waals surface area contributed by atoms with Crippen molar-refractivity contribution in [3.8, 4) is 17.2 Å². The largest absolute Gasteiger partial charge is 0.491 e. The molecular formula is C35H37Cl2F2N3O8S. The van der Waals surface area contributed by atoms with Crippen LogP contribution in [0.3, 0.4) is 0 Å². The summed E-state index contributed by atoms with van der Waals surface area (Å²) in [5, 5.41) is 0.458. The van der Waals surface area contributed by atoms with Crippen molar-refractivity contribution in [2.24, 2.45) is 11.8 Å². The molecule has 3 aromatic rings. The van der Waals surface area contributed by atoms with Crippen LogP contribution in [0.1, 0.15) is 66.1 Å². The average Bonchev–Trinajstić information content (AvgIpc) is 4.02. The second kappa shape index (κ2) is 15.8. The third kappa shape index (κ3) is 9.92. The number of alkyl halides is 2. The van der Waals surface area contributed by atoms with Gasteiger partial charge in [0.25, 0.3) is 5.91 Å². The van der Waals surface area contributed by atoms with Crippen LogP contribution in [0.15, 0.2) is 48.8 Å². The van der Waals surface area contributed by atoms with E-state index in [9.17, 15) is 26.8 Å². The number of nitrogens with zero attached hydrogens (tertiary/aromatic N) is 2. The van der Waals surface area contributed by atoms with Crippen LogP contribution in [0.4, 0.5) is 14.5 Å². The predicted octanol–water partition coefficient (Wildman–Crippen LogP) is 7.07. The summed E-state index contributed by atoms with van der Waals surface area (Å²) < 4.78 is 75.7. The highest BCUT2D eigenvalue weighted by molar-refractivity contribution is 7.92.